The molecular weight excluding hydrogens is 461 g/mol. The van der Waals surface area contributed by atoms with E-state index in [0.29, 0.717) is 0 Å². The molecule has 0 amide bonds. The van der Waals surface area contributed by atoms with Gasteiger partial charge in [-0.05, 0) is 38.8 Å². The molecule has 154 valence electrons. The third-order valence-corrected chi connectivity index (χ3v) is 37.6. The van der Waals surface area contributed by atoms with Crippen molar-refractivity contribution in [2.45, 2.75) is 24.2 Å². The van der Waals surface area contributed by atoms with E-state index in [9.17, 15) is 9.13 Å². The zero-order valence-electron chi connectivity index (χ0n) is 17.7. The Balaban J connectivity index is 3.01. The van der Waals surface area contributed by atoms with Crippen LogP contribution in [0.5, 0.6) is 0 Å². The summed E-state index contributed by atoms with van der Waals surface area (Å²) < 4.78 is 27.1. The number of rotatable bonds is 6. The Bertz CT molecular complexity index is 910. The molecular formula is C20H30Cl2O2P2Si2. The van der Waals surface area contributed by atoms with Crippen LogP contribution in [0.2, 0.25) is 13.1 Å². The van der Waals surface area contributed by atoms with Crippen molar-refractivity contribution in [1.82, 2.24) is 0 Å². The van der Waals surface area contributed by atoms with Gasteiger partial charge >= 0.3 is 0 Å². The number of hydrogen-bond donors (Lipinski definition) is 0. The van der Waals surface area contributed by atoms with Crippen LogP contribution in [-0.2, 0) is 9.13 Å². The summed E-state index contributed by atoms with van der Waals surface area (Å²) in [5.74, 6) is 0. The lowest BCUT2D eigenvalue weighted by atomic mass is 10.2. The molecule has 0 aliphatic heterocycles. The highest BCUT2D eigenvalue weighted by atomic mass is 35.7. The van der Waals surface area contributed by atoms with Gasteiger partial charge < -0.3 is 9.13 Å². The van der Waals surface area contributed by atoms with Crippen molar-refractivity contribution in [2.24, 2.45) is 0 Å². The van der Waals surface area contributed by atoms with Crippen molar-refractivity contribution in [3.8, 4) is 0 Å². The van der Waals surface area contributed by atoms with Crippen molar-refractivity contribution in [1.29, 1.82) is 0 Å². The third kappa shape index (κ3) is 3.70. The zero-order valence-corrected chi connectivity index (χ0v) is 23.0. The Morgan fingerprint density at radius 3 is 1.57 bits per heavy atom. The van der Waals surface area contributed by atoms with Crippen LogP contribution in [0, 0.1) is 6.92 Å². The summed E-state index contributed by atoms with van der Waals surface area (Å²) in [5, 5.41) is 1.86. The molecule has 0 aliphatic carbocycles. The predicted octanol–water partition coefficient (Wildman–Crippen LogP) is 5.76. The maximum Gasteiger partial charge on any atom is 0.298 e. The van der Waals surface area contributed by atoms with E-state index in [1.54, 1.807) is 26.7 Å². The van der Waals surface area contributed by atoms with Crippen molar-refractivity contribution < 1.29 is 9.13 Å². The highest BCUT2D eigenvalue weighted by Gasteiger charge is 2.73. The average Bonchev–Trinajstić information content (AvgIpc) is 2.53. The monoisotopic (exact) mass is 490 g/mol. The second kappa shape index (κ2) is 7.87. The molecule has 0 atom stereocenters. The van der Waals surface area contributed by atoms with E-state index in [2.05, 4.69) is 13.1 Å². The average molecular weight is 491 g/mol. The molecule has 28 heavy (non-hydrogen) atoms. The summed E-state index contributed by atoms with van der Waals surface area (Å²) in [5.41, 5.74) is 1.10. The second-order valence-corrected chi connectivity index (χ2v) is 29.1. The van der Waals surface area contributed by atoms with E-state index < -0.39 is 33.2 Å². The third-order valence-electron chi connectivity index (χ3n) is 5.78. The minimum Gasteiger partial charge on any atom is -0.324 e. The Labute approximate surface area is 181 Å². The lowest BCUT2D eigenvalue weighted by Crippen LogP contribution is -2.74. The van der Waals surface area contributed by atoms with Gasteiger partial charge in [-0.2, -0.15) is 0 Å². The predicted molar refractivity (Wildman–Crippen MR) is 133 cm³/mol. The van der Waals surface area contributed by atoms with Crippen LogP contribution in [0.15, 0.2) is 54.6 Å². The lowest BCUT2D eigenvalue weighted by molar-refractivity contribution is 0.570. The Morgan fingerprint density at radius 2 is 1.18 bits per heavy atom. The fourth-order valence-electron chi connectivity index (χ4n) is 5.02. The van der Waals surface area contributed by atoms with E-state index >= 15 is 0 Å². The zero-order chi connectivity index (χ0) is 21.6. The normalized spacial score (nSPS) is 14.2. The van der Waals surface area contributed by atoms with Crippen molar-refractivity contribution >= 4 is 61.6 Å². The smallest absolute Gasteiger partial charge is 0.298 e. The van der Waals surface area contributed by atoms with Crippen LogP contribution < -0.4 is 10.4 Å². The van der Waals surface area contributed by atoms with Gasteiger partial charge in [0.1, 0.15) is 8.07 Å². The molecule has 0 aliphatic rings. The van der Waals surface area contributed by atoms with Crippen LogP contribution in [0.3, 0.4) is 0 Å². The number of halogens is 2. The first-order chi connectivity index (χ1) is 12.6. The maximum absolute atomic E-state index is 14.1. The number of hydrogen-bond acceptors (Lipinski definition) is 2. The quantitative estimate of drug-likeness (QED) is 0.293. The van der Waals surface area contributed by atoms with E-state index in [0.717, 1.165) is 15.9 Å². The van der Waals surface area contributed by atoms with Gasteiger partial charge in [0.25, 0.3) is 6.69 Å². The van der Waals surface area contributed by atoms with Crippen LogP contribution in [0.1, 0.15) is 5.56 Å². The molecule has 0 spiro atoms. The minimum atomic E-state index is -3.49. The summed E-state index contributed by atoms with van der Waals surface area (Å²) in [6, 6.07) is 17.8. The molecule has 2 rings (SSSR count). The fourth-order valence-corrected chi connectivity index (χ4v) is 46.1. The van der Waals surface area contributed by atoms with Crippen molar-refractivity contribution in [3.05, 3.63) is 60.2 Å². The van der Waals surface area contributed by atoms with Crippen LogP contribution >= 0.6 is 36.4 Å². The largest absolute Gasteiger partial charge is 0.324 e. The summed E-state index contributed by atoms with van der Waals surface area (Å²) in [7, 11) is -8.73. The molecule has 0 bridgehead atoms. The summed E-state index contributed by atoms with van der Waals surface area (Å²) in [6.45, 7) is 9.67. The molecule has 2 nitrogen and oxygen atoms in total. The van der Waals surface area contributed by atoms with Gasteiger partial charge in [-0.15, -0.1) is 22.2 Å². The van der Waals surface area contributed by atoms with E-state index in [-0.39, 0.29) is 0 Å². The molecule has 0 aromatic heterocycles. The maximum atomic E-state index is 14.1. The van der Waals surface area contributed by atoms with Crippen LogP contribution in [0.4, 0.5) is 0 Å². The highest BCUT2D eigenvalue weighted by Crippen LogP contribution is 2.77. The highest BCUT2D eigenvalue weighted by molar-refractivity contribution is 7.95. The first-order valence-corrected chi connectivity index (χ1v) is 21.4. The molecule has 8 heteroatoms. The molecule has 0 N–H and O–H groups in total. The van der Waals surface area contributed by atoms with Crippen molar-refractivity contribution in [2.75, 3.05) is 26.7 Å². The van der Waals surface area contributed by atoms with Gasteiger partial charge in [0.05, 0.1) is 18.4 Å². The minimum absolute atomic E-state index is 0.783. The topological polar surface area (TPSA) is 34.1 Å². The molecule has 2 aromatic rings. The lowest BCUT2D eigenvalue weighted by Gasteiger charge is -2.55. The van der Waals surface area contributed by atoms with Gasteiger partial charge in [0, 0.05) is 0 Å². The molecule has 0 unspecified atom stereocenters. The van der Waals surface area contributed by atoms with Crippen LogP contribution in [-0.4, -0.2) is 45.6 Å². The Kier molecular flexibility index (Phi) is 6.80. The molecule has 0 heterocycles. The summed E-state index contributed by atoms with van der Waals surface area (Å²) in [6.07, 6.45) is 0. The fraction of sp³-hybridized carbons (Fsp3) is 0.400. The molecule has 0 saturated heterocycles. The first kappa shape index (κ1) is 24.2. The second-order valence-electron chi connectivity index (χ2n) is 8.81. The SMILES string of the molecule is Cc1ccc([Si](Cl)(Cl)C([Si](C)(C)c2ccccc2)(P(C)(C)=O)P(C)(C)=O)cc1. The Morgan fingerprint density at radius 1 is 0.750 bits per heavy atom. The molecule has 2 aromatic carbocycles. The summed E-state index contributed by atoms with van der Waals surface area (Å²) >= 11 is 14.7. The van der Waals surface area contributed by atoms with Gasteiger partial charge in [0.15, 0.2) is 0 Å². The van der Waals surface area contributed by atoms with Crippen LogP contribution in [0.25, 0.3) is 0 Å². The van der Waals surface area contributed by atoms with Gasteiger partial charge in [-0.25, -0.2) is 0 Å². The molecule has 0 saturated carbocycles. The number of benzene rings is 2. The van der Waals surface area contributed by atoms with E-state index in [1.807, 2.05) is 61.5 Å². The molecule has 0 radical (unpaired) electrons. The Hall–Kier alpha value is -0.0862. The first-order valence-electron chi connectivity index (χ1n) is 9.21. The molecule has 0 fully saturated rings. The van der Waals surface area contributed by atoms with Gasteiger partial charge in [0.2, 0.25) is 0 Å². The van der Waals surface area contributed by atoms with E-state index in [1.165, 1.54) is 0 Å². The standard InChI is InChI=1S/C20H30Cl2O2P2Si2/c1-17-13-15-19(16-14-17)28(21,22)20(25(2,3)23,26(4,5)24)27(6,7)18-11-9-8-10-12-18/h8-16H,1-7H3. The number of aryl methyl sites for hydroxylation is 1. The van der Waals surface area contributed by atoms with Gasteiger partial charge in [-0.3, -0.25) is 0 Å². The van der Waals surface area contributed by atoms with E-state index in [4.69, 9.17) is 22.2 Å². The van der Waals surface area contributed by atoms with Gasteiger partial charge in [-0.1, -0.05) is 78.4 Å². The van der Waals surface area contributed by atoms with Crippen molar-refractivity contribution in [3.63, 3.8) is 0 Å². The summed E-state index contributed by atoms with van der Waals surface area (Å²) in [4.78, 5) is 0.